The summed E-state index contributed by atoms with van der Waals surface area (Å²) in [6.45, 7) is 1.88. The fourth-order valence-electron chi connectivity index (χ4n) is 1.16. The maximum Gasteiger partial charge on any atom is 0.224 e. The van der Waals surface area contributed by atoms with Crippen LogP contribution in [0, 0.1) is 17.1 Å². The summed E-state index contributed by atoms with van der Waals surface area (Å²) >= 11 is 0. The number of anilines is 1. The predicted octanol–water partition coefficient (Wildman–Crippen LogP) is 2.44. The molecular weight excluding hydrogens is 195 g/mol. The van der Waals surface area contributed by atoms with E-state index in [1.165, 1.54) is 12.1 Å². The summed E-state index contributed by atoms with van der Waals surface area (Å²) in [7, 11) is 0. The maximum atomic E-state index is 12.8. The van der Waals surface area contributed by atoms with Crippen molar-refractivity contribution in [2.75, 3.05) is 5.32 Å². The minimum absolute atomic E-state index is 0.138. The standard InChI is InChI=1S/C11H11FN2O/c1-2-3-11(15)14-10-5-4-9(12)6-8(10)7-13/h4-6H,2-3H2,1H3,(H,14,15). The normalized spacial score (nSPS) is 9.40. The van der Waals surface area contributed by atoms with E-state index < -0.39 is 5.82 Å². The van der Waals surface area contributed by atoms with E-state index in [4.69, 9.17) is 5.26 Å². The molecule has 1 N–H and O–H groups in total. The molecule has 0 atom stereocenters. The molecule has 0 saturated heterocycles. The molecule has 15 heavy (non-hydrogen) atoms. The van der Waals surface area contributed by atoms with E-state index in [2.05, 4.69) is 5.32 Å². The lowest BCUT2D eigenvalue weighted by Gasteiger charge is -2.05. The highest BCUT2D eigenvalue weighted by molar-refractivity contribution is 5.91. The van der Waals surface area contributed by atoms with Crippen LogP contribution in [-0.4, -0.2) is 5.91 Å². The van der Waals surface area contributed by atoms with Gasteiger partial charge in [-0.1, -0.05) is 6.92 Å². The zero-order valence-electron chi connectivity index (χ0n) is 8.38. The van der Waals surface area contributed by atoms with Gasteiger partial charge in [-0.15, -0.1) is 0 Å². The minimum Gasteiger partial charge on any atom is -0.325 e. The number of nitrogens with zero attached hydrogens (tertiary/aromatic N) is 1. The highest BCUT2D eigenvalue weighted by Gasteiger charge is 2.06. The van der Waals surface area contributed by atoms with Crippen LogP contribution in [0.15, 0.2) is 18.2 Å². The van der Waals surface area contributed by atoms with Crippen molar-refractivity contribution in [3.63, 3.8) is 0 Å². The summed E-state index contributed by atoms with van der Waals surface area (Å²) in [4.78, 5) is 11.3. The summed E-state index contributed by atoms with van der Waals surface area (Å²) in [5.41, 5.74) is 0.497. The highest BCUT2D eigenvalue weighted by atomic mass is 19.1. The summed E-state index contributed by atoms with van der Waals surface area (Å²) in [5.74, 6) is -0.652. The van der Waals surface area contributed by atoms with E-state index in [1.807, 2.05) is 13.0 Å². The molecule has 0 bridgehead atoms. The van der Waals surface area contributed by atoms with Crippen molar-refractivity contribution in [1.29, 1.82) is 5.26 Å². The van der Waals surface area contributed by atoms with Crippen molar-refractivity contribution >= 4 is 11.6 Å². The molecule has 1 aromatic rings. The second-order valence-corrected chi connectivity index (χ2v) is 3.10. The molecule has 0 radical (unpaired) electrons. The van der Waals surface area contributed by atoms with Gasteiger partial charge in [-0.25, -0.2) is 4.39 Å². The first-order chi connectivity index (χ1) is 7.17. The van der Waals surface area contributed by atoms with Crippen LogP contribution < -0.4 is 5.32 Å². The van der Waals surface area contributed by atoms with Crippen molar-refractivity contribution in [2.45, 2.75) is 19.8 Å². The zero-order valence-corrected chi connectivity index (χ0v) is 8.38. The molecule has 1 aromatic carbocycles. The molecule has 1 rings (SSSR count). The molecule has 3 nitrogen and oxygen atoms in total. The molecule has 0 unspecified atom stereocenters. The summed E-state index contributed by atoms with van der Waals surface area (Å²) in [6.07, 6.45) is 1.12. The van der Waals surface area contributed by atoms with Crippen LogP contribution in [0.4, 0.5) is 10.1 Å². The Kier molecular flexibility index (Phi) is 3.81. The van der Waals surface area contributed by atoms with Gasteiger partial charge in [0.1, 0.15) is 11.9 Å². The van der Waals surface area contributed by atoms with E-state index in [-0.39, 0.29) is 11.5 Å². The van der Waals surface area contributed by atoms with E-state index in [9.17, 15) is 9.18 Å². The number of rotatable bonds is 3. The minimum atomic E-state index is -0.486. The Bertz CT molecular complexity index is 410. The number of amides is 1. The predicted molar refractivity (Wildman–Crippen MR) is 54.7 cm³/mol. The third-order valence-corrected chi connectivity index (χ3v) is 1.85. The zero-order chi connectivity index (χ0) is 11.3. The summed E-state index contributed by atoms with van der Waals surface area (Å²) in [6, 6.07) is 5.53. The van der Waals surface area contributed by atoms with Crippen LogP contribution in [-0.2, 0) is 4.79 Å². The molecule has 0 aliphatic carbocycles. The molecule has 0 aliphatic rings. The Morgan fingerprint density at radius 1 is 1.60 bits per heavy atom. The van der Waals surface area contributed by atoms with Gasteiger partial charge in [-0.2, -0.15) is 5.26 Å². The average molecular weight is 206 g/mol. The molecule has 0 heterocycles. The molecule has 1 amide bonds. The topological polar surface area (TPSA) is 52.9 Å². The fourth-order valence-corrected chi connectivity index (χ4v) is 1.16. The van der Waals surface area contributed by atoms with Gasteiger partial charge in [0, 0.05) is 6.42 Å². The largest absolute Gasteiger partial charge is 0.325 e. The number of nitriles is 1. The van der Waals surface area contributed by atoms with Gasteiger partial charge in [0.2, 0.25) is 5.91 Å². The summed E-state index contributed by atoms with van der Waals surface area (Å²) < 4.78 is 12.8. The highest BCUT2D eigenvalue weighted by Crippen LogP contribution is 2.16. The van der Waals surface area contributed by atoms with Crippen LogP contribution in [0.1, 0.15) is 25.3 Å². The number of nitrogens with one attached hydrogen (secondary N) is 1. The monoisotopic (exact) mass is 206 g/mol. The number of carbonyl (C=O) groups is 1. The fraction of sp³-hybridized carbons (Fsp3) is 0.273. The van der Waals surface area contributed by atoms with Crippen molar-refractivity contribution in [2.24, 2.45) is 0 Å². The van der Waals surface area contributed by atoms with Gasteiger partial charge in [0.15, 0.2) is 0 Å². The molecule has 0 aliphatic heterocycles. The molecule has 0 aromatic heterocycles. The average Bonchev–Trinajstić information content (AvgIpc) is 2.21. The van der Waals surface area contributed by atoms with Crippen molar-refractivity contribution < 1.29 is 9.18 Å². The lowest BCUT2D eigenvalue weighted by molar-refractivity contribution is -0.116. The smallest absolute Gasteiger partial charge is 0.224 e. The lowest BCUT2D eigenvalue weighted by Crippen LogP contribution is -2.11. The SMILES string of the molecule is CCCC(=O)Nc1ccc(F)cc1C#N. The van der Waals surface area contributed by atoms with Gasteiger partial charge in [-0.05, 0) is 24.6 Å². The Hall–Kier alpha value is -1.89. The molecule has 78 valence electrons. The Morgan fingerprint density at radius 2 is 2.33 bits per heavy atom. The van der Waals surface area contributed by atoms with Crippen LogP contribution >= 0.6 is 0 Å². The number of benzene rings is 1. The van der Waals surface area contributed by atoms with Gasteiger partial charge in [0.05, 0.1) is 11.3 Å². The first-order valence-electron chi connectivity index (χ1n) is 4.67. The maximum absolute atomic E-state index is 12.8. The van der Waals surface area contributed by atoms with Gasteiger partial charge >= 0.3 is 0 Å². The second-order valence-electron chi connectivity index (χ2n) is 3.10. The summed E-state index contributed by atoms with van der Waals surface area (Å²) in [5, 5.41) is 11.3. The van der Waals surface area contributed by atoms with E-state index in [0.29, 0.717) is 12.1 Å². The second kappa shape index (κ2) is 5.11. The van der Waals surface area contributed by atoms with Crippen LogP contribution in [0.3, 0.4) is 0 Å². The lowest BCUT2D eigenvalue weighted by atomic mass is 10.2. The van der Waals surface area contributed by atoms with Crippen LogP contribution in [0.5, 0.6) is 0 Å². The molecule has 4 heteroatoms. The quantitative estimate of drug-likeness (QED) is 0.825. The van der Waals surface area contributed by atoms with Crippen LogP contribution in [0.25, 0.3) is 0 Å². The first-order valence-corrected chi connectivity index (χ1v) is 4.67. The first kappa shape index (κ1) is 11.2. The Morgan fingerprint density at radius 3 is 2.93 bits per heavy atom. The number of carbonyl (C=O) groups excluding carboxylic acids is 1. The van der Waals surface area contributed by atoms with Gasteiger partial charge in [0.25, 0.3) is 0 Å². The van der Waals surface area contributed by atoms with Crippen molar-refractivity contribution in [3.8, 4) is 6.07 Å². The number of hydrogen-bond acceptors (Lipinski definition) is 2. The van der Waals surface area contributed by atoms with Crippen molar-refractivity contribution in [3.05, 3.63) is 29.6 Å². The van der Waals surface area contributed by atoms with E-state index in [0.717, 1.165) is 12.5 Å². The molecule has 0 saturated carbocycles. The molecule has 0 spiro atoms. The third kappa shape index (κ3) is 3.06. The number of halogens is 1. The van der Waals surface area contributed by atoms with Gasteiger partial charge < -0.3 is 5.32 Å². The third-order valence-electron chi connectivity index (χ3n) is 1.85. The van der Waals surface area contributed by atoms with E-state index in [1.54, 1.807) is 0 Å². The van der Waals surface area contributed by atoms with Gasteiger partial charge in [-0.3, -0.25) is 4.79 Å². The Labute approximate surface area is 87.5 Å². The van der Waals surface area contributed by atoms with E-state index >= 15 is 0 Å². The molecule has 0 fully saturated rings. The van der Waals surface area contributed by atoms with Crippen molar-refractivity contribution in [1.82, 2.24) is 0 Å². The number of hydrogen-bond donors (Lipinski definition) is 1. The van der Waals surface area contributed by atoms with Crippen LogP contribution in [0.2, 0.25) is 0 Å². The Balaban J connectivity index is 2.86. The molecular formula is C11H11FN2O.